The highest BCUT2D eigenvalue weighted by molar-refractivity contribution is 9.10. The fourth-order valence-electron chi connectivity index (χ4n) is 2.30. The van der Waals surface area contributed by atoms with Gasteiger partial charge in [0.05, 0.1) is 17.6 Å². The number of halogens is 1. The molecule has 0 aliphatic carbocycles. The number of fused-ring (bicyclic) bond motifs is 1. The third kappa shape index (κ3) is 2.46. The number of nitrogens with zero attached hydrogens (tertiary/aromatic N) is 2. The zero-order valence-corrected chi connectivity index (χ0v) is 13.8. The van der Waals surface area contributed by atoms with Gasteiger partial charge in [-0.15, -0.1) is 0 Å². The van der Waals surface area contributed by atoms with E-state index in [2.05, 4.69) is 25.5 Å². The van der Waals surface area contributed by atoms with Gasteiger partial charge in [0.2, 0.25) is 0 Å². The number of ether oxygens (including phenoxy) is 1. The summed E-state index contributed by atoms with van der Waals surface area (Å²) in [7, 11) is 0. The van der Waals surface area contributed by atoms with Crippen LogP contribution in [0.4, 0.5) is 0 Å². The molecule has 4 nitrogen and oxygen atoms in total. The van der Waals surface area contributed by atoms with E-state index in [1.807, 2.05) is 45.9 Å². The minimum atomic E-state index is -0.766. The maximum Gasteiger partial charge on any atom is 0.319 e. The Morgan fingerprint density at radius 2 is 2.10 bits per heavy atom. The predicted molar refractivity (Wildman–Crippen MR) is 82.8 cm³/mol. The molecule has 0 bridgehead atoms. The second-order valence-corrected chi connectivity index (χ2v) is 6.07. The van der Waals surface area contributed by atoms with Gasteiger partial charge in [0, 0.05) is 11.0 Å². The molecule has 2 aromatic rings. The number of carbonyl (C=O) groups excluding carboxylic acids is 1. The minimum absolute atomic E-state index is 0.246. The summed E-state index contributed by atoms with van der Waals surface area (Å²) in [6, 6.07) is 5.96. The Hall–Kier alpha value is -1.36. The Labute approximate surface area is 127 Å². The Kier molecular flexibility index (Phi) is 4.18. The van der Waals surface area contributed by atoms with Crippen molar-refractivity contribution in [2.75, 3.05) is 6.61 Å². The number of rotatable bonds is 4. The lowest BCUT2D eigenvalue weighted by Crippen LogP contribution is -2.34. The molecule has 0 radical (unpaired) electrons. The molecule has 0 unspecified atom stereocenters. The van der Waals surface area contributed by atoms with E-state index >= 15 is 0 Å². The minimum Gasteiger partial charge on any atom is -0.465 e. The molecule has 0 spiro atoms. The molecule has 0 atom stereocenters. The molecule has 20 heavy (non-hydrogen) atoms. The average molecular weight is 339 g/mol. The summed E-state index contributed by atoms with van der Waals surface area (Å²) in [6.45, 7) is 8.71. The van der Waals surface area contributed by atoms with E-state index in [9.17, 15) is 4.79 Å². The maximum absolute atomic E-state index is 12.2. The van der Waals surface area contributed by atoms with Crippen molar-refractivity contribution < 1.29 is 9.53 Å². The first kappa shape index (κ1) is 15.0. The van der Waals surface area contributed by atoms with E-state index in [1.165, 1.54) is 0 Å². The number of carbonyl (C=O) groups is 1. The summed E-state index contributed by atoms with van der Waals surface area (Å²) >= 11 is 3.45. The molecule has 0 aliphatic heterocycles. The van der Waals surface area contributed by atoms with Gasteiger partial charge in [0.25, 0.3) is 0 Å². The van der Waals surface area contributed by atoms with Crippen molar-refractivity contribution in [2.24, 2.45) is 0 Å². The zero-order chi connectivity index (χ0) is 14.9. The van der Waals surface area contributed by atoms with Crippen LogP contribution in [0, 0.1) is 0 Å². The van der Waals surface area contributed by atoms with E-state index in [0.29, 0.717) is 6.61 Å². The van der Waals surface area contributed by atoms with Gasteiger partial charge < -0.3 is 9.30 Å². The van der Waals surface area contributed by atoms with E-state index in [0.717, 1.165) is 27.9 Å². The third-order valence-corrected chi connectivity index (χ3v) is 3.86. The fourth-order valence-corrected chi connectivity index (χ4v) is 2.65. The van der Waals surface area contributed by atoms with Gasteiger partial charge in [0.1, 0.15) is 11.2 Å². The van der Waals surface area contributed by atoms with Crippen molar-refractivity contribution in [3.8, 4) is 0 Å². The van der Waals surface area contributed by atoms with Gasteiger partial charge in [-0.2, -0.15) is 0 Å². The van der Waals surface area contributed by atoms with Gasteiger partial charge in [-0.05, 0) is 45.9 Å². The Bertz CT molecular complexity index is 647. The molecule has 1 aromatic heterocycles. The Morgan fingerprint density at radius 3 is 2.70 bits per heavy atom. The molecular weight excluding hydrogens is 320 g/mol. The van der Waals surface area contributed by atoms with Crippen LogP contribution in [-0.2, 0) is 21.5 Å². The Morgan fingerprint density at radius 1 is 1.40 bits per heavy atom. The zero-order valence-electron chi connectivity index (χ0n) is 12.2. The highest BCUT2D eigenvalue weighted by Gasteiger charge is 2.36. The first-order valence-electron chi connectivity index (χ1n) is 6.75. The van der Waals surface area contributed by atoms with Crippen molar-refractivity contribution in [1.82, 2.24) is 9.55 Å². The number of imidazole rings is 1. The molecule has 0 saturated carbocycles. The summed E-state index contributed by atoms with van der Waals surface area (Å²) in [4.78, 5) is 16.8. The normalized spacial score (nSPS) is 11.8. The average Bonchev–Trinajstić information content (AvgIpc) is 2.77. The van der Waals surface area contributed by atoms with Gasteiger partial charge in [-0.3, -0.25) is 4.79 Å². The molecule has 108 valence electrons. The van der Waals surface area contributed by atoms with Crippen LogP contribution >= 0.6 is 15.9 Å². The number of aryl methyl sites for hydroxylation is 1. The molecule has 5 heteroatoms. The quantitative estimate of drug-likeness (QED) is 0.799. The van der Waals surface area contributed by atoms with E-state index in [4.69, 9.17) is 4.74 Å². The summed E-state index contributed by atoms with van der Waals surface area (Å²) in [5.74, 6) is 0.496. The van der Waals surface area contributed by atoms with Crippen LogP contribution in [-0.4, -0.2) is 22.1 Å². The van der Waals surface area contributed by atoms with Crippen LogP contribution in [0.15, 0.2) is 22.7 Å². The molecule has 1 aromatic carbocycles. The monoisotopic (exact) mass is 338 g/mol. The van der Waals surface area contributed by atoms with Crippen molar-refractivity contribution in [2.45, 2.75) is 39.7 Å². The second-order valence-electron chi connectivity index (χ2n) is 5.16. The SMILES string of the molecule is CCOC(=O)C(C)(C)c1nc2cc(Br)ccc2n1CC. The molecule has 0 saturated heterocycles. The van der Waals surface area contributed by atoms with Crippen LogP contribution in [0.25, 0.3) is 11.0 Å². The number of aromatic nitrogens is 2. The molecular formula is C15H19BrN2O2. The standard InChI is InChI=1S/C15H19BrN2O2/c1-5-18-12-8-7-10(16)9-11(12)17-13(18)15(3,4)14(19)20-6-2/h7-9H,5-6H2,1-4H3. The summed E-state index contributed by atoms with van der Waals surface area (Å²) in [5, 5.41) is 0. The first-order valence-corrected chi connectivity index (χ1v) is 7.54. The lowest BCUT2D eigenvalue weighted by molar-refractivity contribution is -0.149. The molecule has 0 amide bonds. The fraction of sp³-hybridized carbons (Fsp3) is 0.467. The number of hydrogen-bond donors (Lipinski definition) is 0. The molecule has 0 N–H and O–H groups in total. The molecule has 1 heterocycles. The van der Waals surface area contributed by atoms with Crippen LogP contribution in [0.2, 0.25) is 0 Å². The van der Waals surface area contributed by atoms with Crippen molar-refractivity contribution in [1.29, 1.82) is 0 Å². The van der Waals surface area contributed by atoms with Gasteiger partial charge in [-0.25, -0.2) is 4.98 Å². The summed E-state index contributed by atoms with van der Waals surface area (Å²) in [5.41, 5.74) is 1.15. The van der Waals surface area contributed by atoms with Gasteiger partial charge in [0.15, 0.2) is 0 Å². The maximum atomic E-state index is 12.2. The largest absolute Gasteiger partial charge is 0.465 e. The van der Waals surface area contributed by atoms with Crippen molar-refractivity contribution >= 4 is 32.9 Å². The lowest BCUT2D eigenvalue weighted by Gasteiger charge is -2.22. The summed E-state index contributed by atoms with van der Waals surface area (Å²) < 4.78 is 8.22. The van der Waals surface area contributed by atoms with Gasteiger partial charge in [-0.1, -0.05) is 15.9 Å². The van der Waals surface area contributed by atoms with E-state index in [-0.39, 0.29) is 5.97 Å². The van der Waals surface area contributed by atoms with Crippen LogP contribution < -0.4 is 0 Å². The lowest BCUT2D eigenvalue weighted by atomic mass is 9.92. The number of benzene rings is 1. The van der Waals surface area contributed by atoms with E-state index in [1.54, 1.807) is 0 Å². The first-order chi connectivity index (χ1) is 9.41. The highest BCUT2D eigenvalue weighted by atomic mass is 79.9. The highest BCUT2D eigenvalue weighted by Crippen LogP contribution is 2.29. The smallest absolute Gasteiger partial charge is 0.319 e. The van der Waals surface area contributed by atoms with Gasteiger partial charge >= 0.3 is 5.97 Å². The van der Waals surface area contributed by atoms with Crippen LogP contribution in [0.5, 0.6) is 0 Å². The molecule has 2 rings (SSSR count). The Balaban J connectivity index is 2.61. The van der Waals surface area contributed by atoms with Crippen LogP contribution in [0.1, 0.15) is 33.5 Å². The number of esters is 1. The van der Waals surface area contributed by atoms with Crippen LogP contribution in [0.3, 0.4) is 0 Å². The number of hydrogen-bond acceptors (Lipinski definition) is 3. The third-order valence-electron chi connectivity index (χ3n) is 3.37. The predicted octanol–water partition coefficient (Wildman–Crippen LogP) is 3.66. The van der Waals surface area contributed by atoms with E-state index < -0.39 is 5.41 Å². The molecule has 0 fully saturated rings. The topological polar surface area (TPSA) is 44.1 Å². The van der Waals surface area contributed by atoms with Crippen molar-refractivity contribution in [3.05, 3.63) is 28.5 Å². The molecule has 0 aliphatic rings. The second kappa shape index (κ2) is 5.56. The van der Waals surface area contributed by atoms with Crippen molar-refractivity contribution in [3.63, 3.8) is 0 Å². The summed E-state index contributed by atoms with van der Waals surface area (Å²) in [6.07, 6.45) is 0.